The Morgan fingerprint density at radius 3 is 2.23 bits per heavy atom. The van der Waals surface area contributed by atoms with Gasteiger partial charge in [0.05, 0.1) is 27.4 Å². The van der Waals surface area contributed by atoms with Crippen molar-refractivity contribution in [3.63, 3.8) is 0 Å². The predicted octanol–water partition coefficient (Wildman–Crippen LogP) is 1.52. The Morgan fingerprint density at radius 2 is 1.73 bits per heavy atom. The number of hydrogen-bond acceptors (Lipinski definition) is 7. The first-order chi connectivity index (χ1) is 10.2. The topological polar surface area (TPSA) is 124 Å². The molecule has 0 N–H and O–H groups in total. The molecule has 0 aliphatic carbocycles. The van der Waals surface area contributed by atoms with Crippen LogP contribution in [0.15, 0.2) is 18.2 Å². The van der Waals surface area contributed by atoms with E-state index in [1.807, 2.05) is 0 Å². The summed E-state index contributed by atoms with van der Waals surface area (Å²) in [5.74, 6) is 0.0889. The number of non-ortho nitro benzene ring substituents is 1. The summed E-state index contributed by atoms with van der Waals surface area (Å²) in [5, 5.41) is 21.9. The van der Waals surface area contributed by atoms with E-state index in [2.05, 4.69) is 0 Å². The molecule has 9 nitrogen and oxygen atoms in total. The van der Waals surface area contributed by atoms with Gasteiger partial charge in [-0.05, 0) is 18.9 Å². The normalized spacial score (nSPS) is 17.9. The second kappa shape index (κ2) is 5.87. The van der Waals surface area contributed by atoms with E-state index in [9.17, 15) is 28.6 Å². The molecule has 1 heterocycles. The molecule has 1 aliphatic rings. The molecule has 1 fully saturated rings. The van der Waals surface area contributed by atoms with E-state index in [1.54, 1.807) is 11.9 Å². The Kier molecular flexibility index (Phi) is 4.31. The quantitative estimate of drug-likeness (QED) is 0.605. The molecular weight excluding hydrogens is 314 g/mol. The first-order valence-electron chi connectivity index (χ1n) is 6.57. The van der Waals surface area contributed by atoms with Crippen LogP contribution in [0.4, 0.5) is 17.1 Å². The Morgan fingerprint density at radius 1 is 1.14 bits per heavy atom. The number of rotatable bonds is 4. The maximum atomic E-state index is 11.4. The van der Waals surface area contributed by atoms with Crippen LogP contribution < -0.4 is 4.90 Å². The van der Waals surface area contributed by atoms with Crippen molar-refractivity contribution in [2.24, 2.45) is 0 Å². The molecule has 2 rings (SSSR count). The molecule has 0 bridgehead atoms. The molecule has 0 spiro atoms. The van der Waals surface area contributed by atoms with E-state index in [0.717, 1.165) is 6.07 Å². The number of anilines is 1. The smallest absolute Gasteiger partial charge is 0.299 e. The molecular formula is C12H15N3O6S. The van der Waals surface area contributed by atoms with Gasteiger partial charge in [-0.3, -0.25) is 20.2 Å². The highest BCUT2D eigenvalue weighted by Crippen LogP contribution is 2.34. The number of sulfone groups is 1. The van der Waals surface area contributed by atoms with Gasteiger partial charge in [-0.15, -0.1) is 0 Å². The Labute approximate surface area is 126 Å². The lowest BCUT2D eigenvalue weighted by Gasteiger charge is -2.32. The summed E-state index contributed by atoms with van der Waals surface area (Å²) in [6.07, 6.45) is 0.764. The number of nitro benzene ring substituents is 2. The SMILES string of the molecule is CN(c1ccc([N+](=O)[O-])cc1[N+](=O)[O-])C1CCS(=O)(=O)CC1. The molecule has 10 heteroatoms. The van der Waals surface area contributed by atoms with Crippen LogP contribution in [0.25, 0.3) is 0 Å². The highest BCUT2D eigenvalue weighted by atomic mass is 32.2. The van der Waals surface area contributed by atoms with Crippen LogP contribution >= 0.6 is 0 Å². The van der Waals surface area contributed by atoms with E-state index in [4.69, 9.17) is 0 Å². The van der Waals surface area contributed by atoms with Crippen LogP contribution in [-0.2, 0) is 9.84 Å². The minimum absolute atomic E-state index is 0.0444. The summed E-state index contributed by atoms with van der Waals surface area (Å²) in [5.41, 5.74) is -0.458. The molecule has 0 radical (unpaired) electrons. The third kappa shape index (κ3) is 3.32. The zero-order valence-electron chi connectivity index (χ0n) is 11.8. The van der Waals surface area contributed by atoms with Crippen molar-refractivity contribution >= 4 is 26.9 Å². The van der Waals surface area contributed by atoms with Crippen molar-refractivity contribution in [3.05, 3.63) is 38.4 Å². The van der Waals surface area contributed by atoms with Crippen molar-refractivity contribution in [1.82, 2.24) is 0 Å². The van der Waals surface area contributed by atoms with Crippen molar-refractivity contribution in [1.29, 1.82) is 0 Å². The summed E-state index contributed by atoms with van der Waals surface area (Å²) in [6, 6.07) is 3.31. The monoisotopic (exact) mass is 329 g/mol. The summed E-state index contributed by atoms with van der Waals surface area (Å²) in [4.78, 5) is 22.2. The number of benzene rings is 1. The van der Waals surface area contributed by atoms with E-state index >= 15 is 0 Å². The van der Waals surface area contributed by atoms with Crippen LogP contribution in [-0.4, -0.2) is 42.9 Å². The van der Waals surface area contributed by atoms with E-state index in [1.165, 1.54) is 12.1 Å². The zero-order valence-corrected chi connectivity index (χ0v) is 12.7. The maximum absolute atomic E-state index is 11.4. The van der Waals surface area contributed by atoms with Gasteiger partial charge >= 0.3 is 0 Å². The van der Waals surface area contributed by atoms with Gasteiger partial charge in [0.25, 0.3) is 11.4 Å². The minimum Gasteiger partial charge on any atom is -0.366 e. The lowest BCUT2D eigenvalue weighted by molar-refractivity contribution is -0.393. The second-order valence-corrected chi connectivity index (χ2v) is 7.48. The van der Waals surface area contributed by atoms with E-state index < -0.39 is 19.7 Å². The predicted molar refractivity (Wildman–Crippen MR) is 79.8 cm³/mol. The molecule has 120 valence electrons. The van der Waals surface area contributed by atoms with E-state index in [-0.39, 0.29) is 34.6 Å². The average molecular weight is 329 g/mol. The third-order valence-corrected chi connectivity index (χ3v) is 5.53. The van der Waals surface area contributed by atoms with Crippen molar-refractivity contribution in [2.75, 3.05) is 23.5 Å². The van der Waals surface area contributed by atoms with Gasteiger partial charge in [-0.2, -0.15) is 0 Å². The highest BCUT2D eigenvalue weighted by Gasteiger charge is 2.30. The Bertz CT molecular complexity index is 704. The number of nitro groups is 2. The minimum atomic E-state index is -3.03. The molecule has 0 saturated carbocycles. The maximum Gasteiger partial charge on any atom is 0.299 e. The van der Waals surface area contributed by atoms with Gasteiger partial charge < -0.3 is 4.90 Å². The molecule has 1 saturated heterocycles. The fourth-order valence-electron chi connectivity index (χ4n) is 2.53. The number of nitrogens with zero attached hydrogens (tertiary/aromatic N) is 3. The van der Waals surface area contributed by atoms with Gasteiger partial charge in [0.2, 0.25) is 0 Å². The van der Waals surface area contributed by atoms with Gasteiger partial charge in [0, 0.05) is 19.2 Å². The average Bonchev–Trinajstić information content (AvgIpc) is 2.45. The Hall–Kier alpha value is -2.23. The second-order valence-electron chi connectivity index (χ2n) is 5.18. The number of hydrogen-bond donors (Lipinski definition) is 0. The molecule has 1 aliphatic heterocycles. The first kappa shape index (κ1) is 16.1. The third-order valence-electron chi connectivity index (χ3n) is 3.82. The lowest BCUT2D eigenvalue weighted by Crippen LogP contribution is -2.39. The molecule has 0 unspecified atom stereocenters. The summed E-state index contributed by atoms with van der Waals surface area (Å²) < 4.78 is 22.9. The van der Waals surface area contributed by atoms with Gasteiger partial charge in [0.15, 0.2) is 0 Å². The fraction of sp³-hybridized carbons (Fsp3) is 0.500. The van der Waals surface area contributed by atoms with Gasteiger partial charge in [-0.1, -0.05) is 0 Å². The van der Waals surface area contributed by atoms with Crippen molar-refractivity contribution < 1.29 is 18.3 Å². The highest BCUT2D eigenvalue weighted by molar-refractivity contribution is 7.91. The van der Waals surface area contributed by atoms with Crippen molar-refractivity contribution in [3.8, 4) is 0 Å². The van der Waals surface area contributed by atoms with Crippen LogP contribution in [0.2, 0.25) is 0 Å². The van der Waals surface area contributed by atoms with Gasteiger partial charge in [-0.25, -0.2) is 8.42 Å². The van der Waals surface area contributed by atoms with Crippen LogP contribution in [0, 0.1) is 20.2 Å². The molecule has 0 atom stereocenters. The largest absolute Gasteiger partial charge is 0.366 e. The lowest BCUT2D eigenvalue weighted by atomic mass is 10.1. The van der Waals surface area contributed by atoms with Gasteiger partial charge in [0.1, 0.15) is 15.5 Å². The molecule has 0 amide bonds. The zero-order chi connectivity index (χ0) is 16.5. The van der Waals surface area contributed by atoms with E-state index in [0.29, 0.717) is 12.8 Å². The molecule has 1 aromatic rings. The summed E-state index contributed by atoms with van der Waals surface area (Å²) in [7, 11) is -1.39. The molecule has 1 aromatic carbocycles. The fourth-order valence-corrected chi connectivity index (χ4v) is 4.00. The van der Waals surface area contributed by atoms with Crippen LogP contribution in [0.5, 0.6) is 0 Å². The van der Waals surface area contributed by atoms with Crippen LogP contribution in [0.1, 0.15) is 12.8 Å². The van der Waals surface area contributed by atoms with Crippen LogP contribution in [0.3, 0.4) is 0 Å². The first-order valence-corrected chi connectivity index (χ1v) is 8.39. The standard InChI is InChI=1S/C12H15N3O6S/c1-13(9-4-6-22(20,21)7-5-9)11-3-2-10(14(16)17)8-12(11)15(18)19/h2-3,8-9H,4-7H2,1H3. The Balaban J connectivity index is 2.31. The molecule has 0 aromatic heterocycles. The molecule has 22 heavy (non-hydrogen) atoms. The summed E-state index contributed by atoms with van der Waals surface area (Å²) >= 11 is 0. The summed E-state index contributed by atoms with van der Waals surface area (Å²) in [6.45, 7) is 0. The van der Waals surface area contributed by atoms with Crippen molar-refractivity contribution in [2.45, 2.75) is 18.9 Å².